The van der Waals surface area contributed by atoms with Gasteiger partial charge in [-0.2, -0.15) is 0 Å². The van der Waals surface area contributed by atoms with Crippen molar-refractivity contribution in [2.24, 2.45) is 0 Å². The molecule has 0 saturated heterocycles. The van der Waals surface area contributed by atoms with E-state index in [1.54, 1.807) is 0 Å². The van der Waals surface area contributed by atoms with Crippen LogP contribution in [0.25, 0.3) is 5.57 Å². The Morgan fingerprint density at radius 1 is 0.857 bits per heavy atom. The second-order valence-corrected chi connectivity index (χ2v) is 8.93. The minimum absolute atomic E-state index is 0.0730. The number of nitrogens with zero attached hydrogens (tertiary/aromatic N) is 1. The number of rotatable bonds is 6. The topological polar surface area (TPSA) is 46.6 Å². The van der Waals surface area contributed by atoms with Crippen LogP contribution < -0.4 is 9.64 Å². The van der Waals surface area contributed by atoms with Gasteiger partial charge in [-0.25, -0.2) is 4.90 Å². The molecule has 0 saturated carbocycles. The van der Waals surface area contributed by atoms with Crippen LogP contribution in [0.4, 0.5) is 5.69 Å². The number of carbonyl (C=O) groups excluding carboxylic acids is 2. The number of hydrogen-bond acceptors (Lipinski definition) is 4. The lowest BCUT2D eigenvalue weighted by Gasteiger charge is -2.15. The second-order valence-electron chi connectivity index (χ2n) is 7.34. The van der Waals surface area contributed by atoms with Gasteiger partial charge in [-0.3, -0.25) is 9.59 Å². The molecule has 1 aliphatic heterocycles. The third-order valence-corrected chi connectivity index (χ3v) is 5.29. The molecule has 1 aliphatic rings. The van der Waals surface area contributed by atoms with Crippen LogP contribution in [0, 0.1) is 6.92 Å². The molecule has 0 unspecified atom stereocenters. The van der Waals surface area contributed by atoms with Gasteiger partial charge in [0.25, 0.3) is 11.8 Å². The Hall–Kier alpha value is -2.53. The van der Waals surface area contributed by atoms with Crippen molar-refractivity contribution in [1.82, 2.24) is 0 Å². The number of hydrogen-bond donors (Lipinski definition) is 0. The molecular weight excluding hydrogens is 370 g/mol. The van der Waals surface area contributed by atoms with E-state index in [1.807, 2.05) is 83.1 Å². The average molecular weight is 396 g/mol. The summed E-state index contributed by atoms with van der Waals surface area (Å²) in [6.45, 7) is 9.93. The molecule has 0 bridgehead atoms. The first-order valence-corrected chi connectivity index (χ1v) is 10.3. The van der Waals surface area contributed by atoms with Crippen molar-refractivity contribution in [3.05, 3.63) is 64.6 Å². The summed E-state index contributed by atoms with van der Waals surface area (Å²) in [5, 5.41) is 0.184. The highest BCUT2D eigenvalue weighted by molar-refractivity contribution is 8.04. The van der Waals surface area contributed by atoms with Crippen molar-refractivity contribution < 1.29 is 14.3 Å². The molecule has 0 aliphatic carbocycles. The van der Waals surface area contributed by atoms with Crippen LogP contribution in [-0.2, 0) is 9.59 Å². The molecule has 3 rings (SSSR count). The lowest BCUT2D eigenvalue weighted by molar-refractivity contribution is -0.119. The minimum atomic E-state index is -0.283. The van der Waals surface area contributed by atoms with E-state index in [0.717, 1.165) is 16.9 Å². The summed E-state index contributed by atoms with van der Waals surface area (Å²) < 4.78 is 5.69. The van der Waals surface area contributed by atoms with E-state index in [9.17, 15) is 9.59 Å². The van der Waals surface area contributed by atoms with Gasteiger partial charge in [0.2, 0.25) is 0 Å². The molecule has 4 nitrogen and oxygen atoms in total. The summed E-state index contributed by atoms with van der Waals surface area (Å²) in [4.78, 5) is 28.2. The fourth-order valence-corrected chi connectivity index (χ4v) is 4.00. The predicted octanol–water partition coefficient (Wildman–Crippen LogP) is 5.21. The van der Waals surface area contributed by atoms with Gasteiger partial charge in [-0.05, 0) is 50.6 Å². The third kappa shape index (κ3) is 4.14. The predicted molar refractivity (Wildman–Crippen MR) is 116 cm³/mol. The van der Waals surface area contributed by atoms with Gasteiger partial charge >= 0.3 is 0 Å². The normalized spacial score (nSPS) is 14.6. The van der Waals surface area contributed by atoms with Gasteiger partial charge in [0.05, 0.1) is 22.3 Å². The molecule has 0 fully saturated rings. The van der Waals surface area contributed by atoms with Crippen molar-refractivity contribution in [3.8, 4) is 5.75 Å². The van der Waals surface area contributed by atoms with Gasteiger partial charge in [-0.1, -0.05) is 43.7 Å². The number of anilines is 1. The van der Waals surface area contributed by atoms with Gasteiger partial charge in [0, 0.05) is 5.25 Å². The zero-order valence-corrected chi connectivity index (χ0v) is 17.7. The molecule has 0 radical (unpaired) electrons. The smallest absolute Gasteiger partial charge is 0.272 e. The number of ether oxygens (including phenoxy) is 1. The van der Waals surface area contributed by atoms with Crippen LogP contribution in [0.1, 0.15) is 38.8 Å². The monoisotopic (exact) mass is 395 g/mol. The van der Waals surface area contributed by atoms with Crippen LogP contribution in [0.2, 0.25) is 0 Å². The van der Waals surface area contributed by atoms with Crippen molar-refractivity contribution in [3.63, 3.8) is 0 Å². The molecule has 0 aromatic heterocycles. The lowest BCUT2D eigenvalue weighted by Crippen LogP contribution is -2.31. The standard InChI is InChI=1S/C23H25NO3S/c1-14(2)27-19-12-8-17(9-13-19)20-21(28-15(3)4)23(26)24(22(20)25)18-10-6-16(5)7-11-18/h6-15H,1-5H3. The molecule has 0 spiro atoms. The minimum Gasteiger partial charge on any atom is -0.491 e. The maximum atomic E-state index is 13.3. The quantitative estimate of drug-likeness (QED) is 0.630. The number of benzene rings is 2. The summed E-state index contributed by atoms with van der Waals surface area (Å²) in [5.41, 5.74) is 2.86. The summed E-state index contributed by atoms with van der Waals surface area (Å²) >= 11 is 1.43. The van der Waals surface area contributed by atoms with E-state index in [1.165, 1.54) is 16.7 Å². The van der Waals surface area contributed by atoms with E-state index in [2.05, 4.69) is 0 Å². The van der Waals surface area contributed by atoms with Gasteiger partial charge in [0.15, 0.2) is 0 Å². The number of carbonyl (C=O) groups is 2. The van der Waals surface area contributed by atoms with Crippen LogP contribution >= 0.6 is 11.8 Å². The Morgan fingerprint density at radius 2 is 1.46 bits per heavy atom. The molecule has 5 heteroatoms. The van der Waals surface area contributed by atoms with Crippen LogP contribution in [0.5, 0.6) is 5.75 Å². The average Bonchev–Trinajstić information content (AvgIpc) is 2.86. The molecule has 0 atom stereocenters. The molecule has 28 heavy (non-hydrogen) atoms. The van der Waals surface area contributed by atoms with Crippen molar-refractivity contribution in [1.29, 1.82) is 0 Å². The fraction of sp³-hybridized carbons (Fsp3) is 0.304. The van der Waals surface area contributed by atoms with E-state index < -0.39 is 0 Å². The zero-order chi connectivity index (χ0) is 20.4. The Morgan fingerprint density at radius 3 is 2.00 bits per heavy atom. The lowest BCUT2D eigenvalue weighted by atomic mass is 10.1. The molecule has 1 heterocycles. The van der Waals surface area contributed by atoms with Gasteiger partial charge < -0.3 is 4.74 Å². The highest BCUT2D eigenvalue weighted by Gasteiger charge is 2.40. The second kappa shape index (κ2) is 8.23. The van der Waals surface area contributed by atoms with E-state index >= 15 is 0 Å². The van der Waals surface area contributed by atoms with Gasteiger partial charge in [0.1, 0.15) is 5.75 Å². The Balaban J connectivity index is 2.02. The number of amides is 2. The fourth-order valence-electron chi connectivity index (χ4n) is 3.01. The summed E-state index contributed by atoms with van der Waals surface area (Å²) in [7, 11) is 0. The number of imide groups is 1. The first kappa shape index (κ1) is 20.2. The van der Waals surface area contributed by atoms with E-state index in [4.69, 9.17) is 4.74 Å². The molecule has 146 valence electrons. The van der Waals surface area contributed by atoms with E-state index in [0.29, 0.717) is 16.2 Å². The van der Waals surface area contributed by atoms with E-state index in [-0.39, 0.29) is 23.2 Å². The van der Waals surface area contributed by atoms with Crippen LogP contribution in [-0.4, -0.2) is 23.2 Å². The largest absolute Gasteiger partial charge is 0.491 e. The van der Waals surface area contributed by atoms with Gasteiger partial charge in [-0.15, -0.1) is 11.8 Å². The van der Waals surface area contributed by atoms with Crippen molar-refractivity contribution in [2.75, 3.05) is 4.90 Å². The van der Waals surface area contributed by atoms with Crippen molar-refractivity contribution >= 4 is 34.8 Å². The van der Waals surface area contributed by atoms with Crippen LogP contribution in [0.15, 0.2) is 53.4 Å². The Labute approximate surface area is 170 Å². The number of thioether (sulfide) groups is 1. The SMILES string of the molecule is Cc1ccc(N2C(=O)C(SC(C)C)=C(c3ccc(OC(C)C)cc3)C2=O)cc1. The summed E-state index contributed by atoms with van der Waals surface area (Å²) in [6, 6.07) is 14.8. The molecule has 2 aromatic rings. The highest BCUT2D eigenvalue weighted by Crippen LogP contribution is 2.40. The third-order valence-electron chi connectivity index (χ3n) is 4.20. The summed E-state index contributed by atoms with van der Waals surface area (Å²) in [5.74, 6) is 0.198. The first-order valence-electron chi connectivity index (χ1n) is 9.41. The zero-order valence-electron chi connectivity index (χ0n) is 16.9. The first-order chi connectivity index (χ1) is 13.3. The molecule has 2 aromatic carbocycles. The number of aryl methyl sites for hydroxylation is 1. The molecular formula is C23H25NO3S. The van der Waals surface area contributed by atoms with Crippen LogP contribution in [0.3, 0.4) is 0 Å². The molecule has 0 N–H and O–H groups in total. The maximum absolute atomic E-state index is 13.3. The Kier molecular flexibility index (Phi) is 5.94. The van der Waals surface area contributed by atoms with Crippen molar-refractivity contribution in [2.45, 2.75) is 46.0 Å². The highest BCUT2D eigenvalue weighted by atomic mass is 32.2. The summed E-state index contributed by atoms with van der Waals surface area (Å²) in [6.07, 6.45) is 0.0730. The Bertz CT molecular complexity index is 912. The molecule has 2 amide bonds. The maximum Gasteiger partial charge on any atom is 0.272 e.